The van der Waals surface area contributed by atoms with Crippen LogP contribution >= 0.6 is 0 Å². The van der Waals surface area contributed by atoms with Crippen LogP contribution in [0, 0.1) is 27.7 Å². The molecule has 2 aliphatic rings. The van der Waals surface area contributed by atoms with Crippen molar-refractivity contribution in [3.8, 4) is 44.8 Å². The molecular formula is C60H64N2+2. The van der Waals surface area contributed by atoms with Crippen LogP contribution in [0.1, 0.15) is 99.9 Å². The van der Waals surface area contributed by atoms with Gasteiger partial charge in [-0.3, -0.25) is 0 Å². The van der Waals surface area contributed by atoms with Gasteiger partial charge in [-0.1, -0.05) is 128 Å². The summed E-state index contributed by atoms with van der Waals surface area (Å²) < 4.78 is 4.47. The molecule has 0 saturated carbocycles. The third-order valence-corrected chi connectivity index (χ3v) is 16.2. The molecule has 62 heavy (non-hydrogen) atoms. The molecule has 0 fully saturated rings. The van der Waals surface area contributed by atoms with Crippen molar-refractivity contribution in [2.75, 3.05) is 0 Å². The normalized spacial score (nSPS) is 16.1. The minimum atomic E-state index is 0.0114. The fraction of sp³-hybridized carbons (Fsp3) is 0.300. The van der Waals surface area contributed by atoms with Crippen LogP contribution in [0.5, 0.6) is 0 Å². The van der Waals surface area contributed by atoms with Gasteiger partial charge in [-0.05, 0) is 157 Å². The maximum absolute atomic E-state index is 2.44. The molecule has 2 heterocycles. The Labute approximate surface area is 371 Å². The topological polar surface area (TPSA) is 7.76 Å². The largest absolute Gasteiger partial charge is 0.212 e. The summed E-state index contributed by atoms with van der Waals surface area (Å²) in [5, 5.41) is 5.35. The van der Waals surface area contributed by atoms with Gasteiger partial charge in [0.2, 0.25) is 11.4 Å². The monoisotopic (exact) mass is 813 g/mol. The van der Waals surface area contributed by atoms with Crippen LogP contribution in [0.2, 0.25) is 0 Å². The number of benzene rings is 6. The highest BCUT2D eigenvalue weighted by Gasteiger charge is 2.48. The van der Waals surface area contributed by atoms with Gasteiger partial charge < -0.3 is 0 Å². The highest BCUT2D eigenvalue weighted by molar-refractivity contribution is 5.97. The Morgan fingerprint density at radius 1 is 0.371 bits per heavy atom. The molecule has 0 spiro atoms. The lowest BCUT2D eigenvalue weighted by molar-refractivity contribution is -0.660. The van der Waals surface area contributed by atoms with Gasteiger partial charge in [0.15, 0.2) is 12.4 Å². The predicted molar refractivity (Wildman–Crippen MR) is 263 cm³/mol. The summed E-state index contributed by atoms with van der Waals surface area (Å²) in [7, 11) is 4.28. The maximum Gasteiger partial charge on any atom is 0.212 e. The van der Waals surface area contributed by atoms with Crippen molar-refractivity contribution in [2.45, 2.75) is 105 Å². The highest BCUT2D eigenvalue weighted by atomic mass is 14.9. The molecule has 10 rings (SSSR count). The number of nitrogens with zero attached hydrogens (tertiary/aromatic N) is 2. The van der Waals surface area contributed by atoms with Gasteiger partial charge in [-0.2, -0.15) is 0 Å². The SMILES string of the molecule is Cc1cc[n+](C)c(-c2ccc3c(c2C)-c2cc4ccccc4cc2C(C)(C)C3(C)C)c1.Cc1cc[n+](C)c(-c2ccc3c(c2C)-c2ccc4ccccc4c2C(C)(C)C3(C)C)c1. The molecule has 0 N–H and O–H groups in total. The first kappa shape index (κ1) is 41.5. The van der Waals surface area contributed by atoms with E-state index in [1.165, 1.54) is 111 Å². The van der Waals surface area contributed by atoms with E-state index in [1.807, 2.05) is 0 Å². The minimum absolute atomic E-state index is 0.0114. The molecule has 0 aliphatic heterocycles. The van der Waals surface area contributed by atoms with Crippen molar-refractivity contribution < 1.29 is 9.13 Å². The van der Waals surface area contributed by atoms with Crippen molar-refractivity contribution in [1.29, 1.82) is 0 Å². The number of fused-ring (bicyclic) bond motifs is 9. The zero-order valence-corrected chi connectivity index (χ0v) is 39.6. The first-order valence-electron chi connectivity index (χ1n) is 22.5. The van der Waals surface area contributed by atoms with Gasteiger partial charge in [0, 0.05) is 40.8 Å². The molecule has 2 nitrogen and oxygen atoms in total. The number of pyridine rings is 2. The fourth-order valence-corrected chi connectivity index (χ4v) is 11.0. The van der Waals surface area contributed by atoms with Crippen LogP contribution in [0.15, 0.2) is 134 Å². The summed E-state index contributed by atoms with van der Waals surface area (Å²) in [5.74, 6) is 0. The molecule has 0 atom stereocenters. The summed E-state index contributed by atoms with van der Waals surface area (Å²) in [6.45, 7) is 28.3. The standard InChI is InChI=1S/2C30H32N/c1-19-14-15-31(7)27(16-19)23-12-13-25-28(20(23)2)24-17-21-10-8-9-11-22(21)18-26(24)30(5,6)29(25,3)4;1-19-16-17-31(7)26(18-19)22-14-15-25-27(20(22)2)24-13-12-21-10-8-9-11-23(21)28(24)30(5,6)29(25,3)4/h2*8-18H,1-7H3/q2*+1. The van der Waals surface area contributed by atoms with Gasteiger partial charge in [0.05, 0.1) is 0 Å². The van der Waals surface area contributed by atoms with Gasteiger partial charge in [-0.25, -0.2) is 9.13 Å². The summed E-state index contributed by atoms with van der Waals surface area (Å²) >= 11 is 0. The van der Waals surface area contributed by atoms with Crippen molar-refractivity contribution in [3.05, 3.63) is 178 Å². The van der Waals surface area contributed by atoms with E-state index in [-0.39, 0.29) is 21.7 Å². The molecule has 0 radical (unpaired) electrons. The van der Waals surface area contributed by atoms with E-state index in [0.717, 1.165) is 0 Å². The van der Waals surface area contributed by atoms with Crippen LogP contribution in [0.25, 0.3) is 66.3 Å². The Hall–Kier alpha value is -5.86. The van der Waals surface area contributed by atoms with Gasteiger partial charge in [-0.15, -0.1) is 0 Å². The minimum Gasteiger partial charge on any atom is -0.201 e. The molecule has 2 aliphatic carbocycles. The lowest BCUT2D eigenvalue weighted by Crippen LogP contribution is -2.44. The molecule has 2 aromatic heterocycles. The third-order valence-electron chi connectivity index (χ3n) is 16.2. The maximum atomic E-state index is 2.44. The van der Waals surface area contributed by atoms with Crippen LogP contribution in [0.4, 0.5) is 0 Å². The molecular weight excluding hydrogens is 749 g/mol. The predicted octanol–water partition coefficient (Wildman–Crippen LogP) is 14.4. The number of hydrogen-bond acceptors (Lipinski definition) is 0. The summed E-state index contributed by atoms with van der Waals surface area (Å²) in [5.41, 5.74) is 22.1. The number of aryl methyl sites for hydroxylation is 4. The number of rotatable bonds is 2. The van der Waals surface area contributed by atoms with E-state index in [4.69, 9.17) is 0 Å². The quantitative estimate of drug-likeness (QED) is 0.154. The highest BCUT2D eigenvalue weighted by Crippen LogP contribution is 2.58. The first-order valence-corrected chi connectivity index (χ1v) is 22.5. The molecule has 8 aromatic rings. The van der Waals surface area contributed by atoms with E-state index >= 15 is 0 Å². The summed E-state index contributed by atoms with van der Waals surface area (Å²) in [4.78, 5) is 0. The number of aromatic nitrogens is 2. The lowest BCUT2D eigenvalue weighted by Gasteiger charge is -2.49. The van der Waals surface area contributed by atoms with Crippen molar-refractivity contribution >= 4 is 21.5 Å². The Bertz CT molecular complexity index is 3030. The Balaban J connectivity index is 0.000000158. The van der Waals surface area contributed by atoms with Crippen LogP contribution < -0.4 is 9.13 Å². The molecule has 0 bridgehead atoms. The smallest absolute Gasteiger partial charge is 0.201 e. The summed E-state index contributed by atoms with van der Waals surface area (Å²) in [6.07, 6.45) is 4.33. The van der Waals surface area contributed by atoms with E-state index < -0.39 is 0 Å². The molecule has 312 valence electrons. The van der Waals surface area contributed by atoms with Crippen LogP contribution in [0.3, 0.4) is 0 Å². The Kier molecular flexibility index (Phi) is 9.60. The second kappa shape index (κ2) is 14.3. The van der Waals surface area contributed by atoms with Gasteiger partial charge >= 0.3 is 0 Å². The molecule has 0 unspecified atom stereocenters. The zero-order valence-electron chi connectivity index (χ0n) is 39.6. The van der Waals surface area contributed by atoms with Crippen molar-refractivity contribution in [3.63, 3.8) is 0 Å². The van der Waals surface area contributed by atoms with Gasteiger partial charge in [0.1, 0.15) is 14.1 Å². The molecule has 6 aromatic carbocycles. The van der Waals surface area contributed by atoms with E-state index in [1.54, 1.807) is 0 Å². The Morgan fingerprint density at radius 3 is 1.35 bits per heavy atom. The summed E-state index contributed by atoms with van der Waals surface area (Å²) in [6, 6.07) is 45.5. The van der Waals surface area contributed by atoms with Gasteiger partial charge in [0.25, 0.3) is 0 Å². The lowest BCUT2D eigenvalue weighted by atomic mass is 9.54. The van der Waals surface area contributed by atoms with E-state index in [9.17, 15) is 0 Å². The van der Waals surface area contributed by atoms with E-state index in [2.05, 4.69) is 240 Å². The third kappa shape index (κ3) is 6.04. The second-order valence-electron chi connectivity index (χ2n) is 20.7. The molecule has 0 saturated heterocycles. The molecule has 0 amide bonds. The fourth-order valence-electron chi connectivity index (χ4n) is 11.0. The van der Waals surface area contributed by atoms with Crippen molar-refractivity contribution in [2.24, 2.45) is 14.1 Å². The average molecular weight is 813 g/mol. The molecule has 2 heteroatoms. The zero-order chi connectivity index (χ0) is 44.3. The van der Waals surface area contributed by atoms with Crippen LogP contribution in [-0.2, 0) is 35.8 Å². The van der Waals surface area contributed by atoms with Crippen molar-refractivity contribution in [1.82, 2.24) is 0 Å². The van der Waals surface area contributed by atoms with Crippen LogP contribution in [-0.4, -0.2) is 0 Å². The average Bonchev–Trinajstić information content (AvgIpc) is 3.23. The Morgan fingerprint density at radius 2 is 0.806 bits per heavy atom. The first-order chi connectivity index (χ1) is 29.3. The number of hydrogen-bond donors (Lipinski definition) is 0. The van der Waals surface area contributed by atoms with E-state index in [0.29, 0.717) is 0 Å². The second-order valence-corrected chi connectivity index (χ2v) is 20.7.